The molecule has 0 aromatic carbocycles. The number of rotatable bonds is 1. The third-order valence-corrected chi connectivity index (χ3v) is 7.23. The van der Waals surface area contributed by atoms with Crippen LogP contribution in [0.1, 0.15) is 59.3 Å². The third-order valence-electron chi connectivity index (χ3n) is 7.23. The summed E-state index contributed by atoms with van der Waals surface area (Å²) in [7, 11) is 0. The lowest BCUT2D eigenvalue weighted by molar-refractivity contribution is -0.132. The Bertz CT molecular complexity index is 693. The fourth-order valence-corrected chi connectivity index (χ4v) is 5.97. The Labute approximate surface area is 138 Å². The lowest BCUT2D eigenvalue weighted by Gasteiger charge is -2.52. The van der Waals surface area contributed by atoms with Crippen LogP contribution in [0.25, 0.3) is 0 Å². The number of carbonyl (C=O) groups excluding carboxylic acids is 2. The van der Waals surface area contributed by atoms with E-state index in [1.165, 1.54) is 36.8 Å². The highest BCUT2D eigenvalue weighted by atomic mass is 16.1. The van der Waals surface area contributed by atoms with Crippen molar-refractivity contribution < 1.29 is 9.59 Å². The van der Waals surface area contributed by atoms with Crippen LogP contribution in [-0.4, -0.2) is 11.6 Å². The Kier molecular flexibility index (Phi) is 3.14. The Morgan fingerprint density at radius 2 is 1.91 bits per heavy atom. The van der Waals surface area contributed by atoms with E-state index in [-0.39, 0.29) is 22.4 Å². The minimum atomic E-state index is -0.455. The summed E-state index contributed by atoms with van der Waals surface area (Å²) in [4.78, 5) is 24.6. The van der Waals surface area contributed by atoms with Crippen molar-refractivity contribution in [1.82, 2.24) is 0 Å². The van der Waals surface area contributed by atoms with Gasteiger partial charge in [0.15, 0.2) is 5.78 Å². The first-order valence-corrected chi connectivity index (χ1v) is 9.06. The van der Waals surface area contributed by atoms with Gasteiger partial charge in [0.25, 0.3) is 0 Å². The first-order valence-electron chi connectivity index (χ1n) is 9.06. The van der Waals surface area contributed by atoms with Gasteiger partial charge in [0.05, 0.1) is 5.92 Å². The quantitative estimate of drug-likeness (QED) is 0.665. The summed E-state index contributed by atoms with van der Waals surface area (Å²) in [6.45, 7) is 6.14. The largest absolute Gasteiger partial charge is 0.299 e. The molecular formula is C21H26O2. The predicted molar refractivity (Wildman–Crippen MR) is 90.8 cm³/mol. The van der Waals surface area contributed by atoms with Crippen molar-refractivity contribution in [1.29, 1.82) is 0 Å². The average molecular weight is 310 g/mol. The van der Waals surface area contributed by atoms with Gasteiger partial charge in [-0.25, -0.2) is 0 Å². The van der Waals surface area contributed by atoms with Gasteiger partial charge in [-0.1, -0.05) is 38.0 Å². The molecule has 2 saturated carbocycles. The van der Waals surface area contributed by atoms with Gasteiger partial charge in [-0.15, -0.1) is 0 Å². The van der Waals surface area contributed by atoms with Crippen molar-refractivity contribution in [3.05, 3.63) is 34.9 Å². The standard InChI is InChI=1S/C21H26O2/c1-13(22)19-18(23)12-17-15-8-7-14-6-4-5-10-20(14,2)16(15)9-11-21(17,19)3/h7-8,12,16,19H,4-6,9-11H2,1-3H3/t16-,19-,20-,21-/m0/s1. The number of ketones is 2. The van der Waals surface area contributed by atoms with E-state index in [1.807, 2.05) is 0 Å². The van der Waals surface area contributed by atoms with Crippen LogP contribution >= 0.6 is 0 Å². The van der Waals surface area contributed by atoms with Crippen LogP contribution in [0.15, 0.2) is 34.9 Å². The van der Waals surface area contributed by atoms with E-state index in [2.05, 4.69) is 26.0 Å². The molecule has 4 atom stereocenters. The molecule has 0 heterocycles. The summed E-state index contributed by atoms with van der Waals surface area (Å²) < 4.78 is 0. The molecule has 2 nitrogen and oxygen atoms in total. The molecule has 0 aromatic heterocycles. The zero-order chi connectivity index (χ0) is 16.4. The highest BCUT2D eigenvalue weighted by Crippen LogP contribution is 2.62. The topological polar surface area (TPSA) is 34.1 Å². The van der Waals surface area contributed by atoms with E-state index in [0.29, 0.717) is 5.92 Å². The van der Waals surface area contributed by atoms with Crippen LogP contribution in [-0.2, 0) is 9.59 Å². The second-order valence-corrected chi connectivity index (χ2v) is 8.45. The molecule has 0 saturated heterocycles. The second-order valence-electron chi connectivity index (χ2n) is 8.45. The highest BCUT2D eigenvalue weighted by Gasteiger charge is 2.56. The minimum absolute atomic E-state index is 0.0266. The van der Waals surface area contributed by atoms with Crippen LogP contribution < -0.4 is 0 Å². The second kappa shape index (κ2) is 4.78. The van der Waals surface area contributed by atoms with Crippen LogP contribution in [0.2, 0.25) is 0 Å². The van der Waals surface area contributed by atoms with Crippen molar-refractivity contribution in [2.24, 2.45) is 22.7 Å². The molecular weight excluding hydrogens is 284 g/mol. The monoisotopic (exact) mass is 310 g/mol. The van der Waals surface area contributed by atoms with E-state index >= 15 is 0 Å². The Hall–Kier alpha value is -1.44. The number of carbonyl (C=O) groups is 2. The van der Waals surface area contributed by atoms with Crippen molar-refractivity contribution in [2.75, 3.05) is 0 Å². The molecule has 0 aliphatic heterocycles. The maximum atomic E-state index is 12.5. The molecule has 4 rings (SSSR count). The zero-order valence-electron chi connectivity index (χ0n) is 14.4. The molecule has 122 valence electrons. The molecule has 2 fully saturated rings. The van der Waals surface area contributed by atoms with Gasteiger partial charge in [0.2, 0.25) is 0 Å². The van der Waals surface area contributed by atoms with E-state index in [9.17, 15) is 9.59 Å². The first kappa shape index (κ1) is 15.1. The summed E-state index contributed by atoms with van der Waals surface area (Å²) >= 11 is 0. The number of allylic oxidation sites excluding steroid dienone is 6. The minimum Gasteiger partial charge on any atom is -0.299 e. The molecule has 0 bridgehead atoms. The molecule has 23 heavy (non-hydrogen) atoms. The van der Waals surface area contributed by atoms with Gasteiger partial charge < -0.3 is 0 Å². The Balaban J connectivity index is 1.81. The Morgan fingerprint density at radius 3 is 2.65 bits per heavy atom. The first-order chi connectivity index (χ1) is 10.9. The zero-order valence-corrected chi connectivity index (χ0v) is 14.4. The van der Waals surface area contributed by atoms with E-state index < -0.39 is 5.92 Å². The van der Waals surface area contributed by atoms with Crippen LogP contribution in [0, 0.1) is 22.7 Å². The van der Waals surface area contributed by atoms with Gasteiger partial charge >= 0.3 is 0 Å². The van der Waals surface area contributed by atoms with E-state index in [1.54, 1.807) is 18.6 Å². The molecule has 4 aliphatic rings. The van der Waals surface area contributed by atoms with E-state index in [4.69, 9.17) is 0 Å². The summed E-state index contributed by atoms with van der Waals surface area (Å²) in [6.07, 6.45) is 13.6. The fourth-order valence-electron chi connectivity index (χ4n) is 5.97. The number of fused-ring (bicyclic) bond motifs is 5. The van der Waals surface area contributed by atoms with Gasteiger partial charge in [0, 0.05) is 5.41 Å². The Morgan fingerprint density at radius 1 is 1.13 bits per heavy atom. The normalized spacial score (nSPS) is 42.0. The maximum absolute atomic E-state index is 12.5. The molecule has 2 heteroatoms. The number of hydrogen-bond acceptors (Lipinski definition) is 2. The lowest BCUT2D eigenvalue weighted by Crippen LogP contribution is -2.43. The van der Waals surface area contributed by atoms with Crippen LogP contribution in [0.3, 0.4) is 0 Å². The lowest BCUT2D eigenvalue weighted by atomic mass is 9.52. The van der Waals surface area contributed by atoms with Crippen molar-refractivity contribution in [3.8, 4) is 0 Å². The molecule has 0 spiro atoms. The predicted octanol–water partition coefficient (Wildman–Crippen LogP) is 4.56. The summed E-state index contributed by atoms with van der Waals surface area (Å²) in [5.74, 6) is 0.128. The van der Waals surface area contributed by atoms with Crippen LogP contribution in [0.5, 0.6) is 0 Å². The van der Waals surface area contributed by atoms with Crippen molar-refractivity contribution in [2.45, 2.75) is 59.3 Å². The highest BCUT2D eigenvalue weighted by molar-refractivity contribution is 6.11. The summed E-state index contributed by atoms with van der Waals surface area (Å²) in [5, 5.41) is 0. The van der Waals surface area contributed by atoms with Gasteiger partial charge in [-0.05, 0) is 67.6 Å². The average Bonchev–Trinajstić information content (AvgIpc) is 2.77. The summed E-state index contributed by atoms with van der Waals surface area (Å²) in [6, 6.07) is 0. The van der Waals surface area contributed by atoms with Gasteiger partial charge in [-0.2, -0.15) is 0 Å². The van der Waals surface area contributed by atoms with Crippen molar-refractivity contribution in [3.63, 3.8) is 0 Å². The fraction of sp³-hybridized carbons (Fsp3) is 0.619. The molecule has 0 amide bonds. The third kappa shape index (κ3) is 1.87. The van der Waals surface area contributed by atoms with Gasteiger partial charge in [0.1, 0.15) is 5.78 Å². The molecule has 0 aromatic rings. The summed E-state index contributed by atoms with van der Waals surface area (Å²) in [5.41, 5.74) is 4.11. The van der Waals surface area contributed by atoms with Crippen molar-refractivity contribution >= 4 is 11.6 Å². The number of Topliss-reactive ketones (excluding diaryl/α,β-unsaturated/α-hetero) is 1. The number of hydrogen-bond donors (Lipinski definition) is 0. The molecule has 0 N–H and O–H groups in total. The van der Waals surface area contributed by atoms with Gasteiger partial charge in [-0.3, -0.25) is 9.59 Å². The molecule has 0 radical (unpaired) electrons. The SMILES string of the molecule is CC(=O)[C@H]1C(=O)C=C2C3=CC=C4CCCC[C@]4(C)[C@H]3CC[C@@]21C. The maximum Gasteiger partial charge on any atom is 0.167 e. The molecule has 0 unspecified atom stereocenters. The molecule has 4 aliphatic carbocycles. The smallest absolute Gasteiger partial charge is 0.167 e. The van der Waals surface area contributed by atoms with Crippen LogP contribution in [0.4, 0.5) is 0 Å². The van der Waals surface area contributed by atoms with E-state index in [0.717, 1.165) is 12.8 Å².